The van der Waals surface area contributed by atoms with Crippen molar-refractivity contribution in [2.75, 3.05) is 19.6 Å². The van der Waals surface area contributed by atoms with Crippen LogP contribution in [0.15, 0.2) is 0 Å². The van der Waals surface area contributed by atoms with Crippen LogP contribution in [-0.4, -0.2) is 36.6 Å². The minimum absolute atomic E-state index is 0.737. The summed E-state index contributed by atoms with van der Waals surface area (Å²) in [7, 11) is 0. The Morgan fingerprint density at radius 1 is 1.12 bits per heavy atom. The first-order valence-corrected chi connectivity index (χ1v) is 7.77. The zero-order valence-corrected chi connectivity index (χ0v) is 11.8. The third-order valence-electron chi connectivity index (χ3n) is 4.89. The van der Waals surface area contributed by atoms with Crippen molar-refractivity contribution in [1.29, 1.82) is 0 Å². The molecule has 0 aromatic rings. The van der Waals surface area contributed by atoms with E-state index in [0.717, 1.165) is 18.0 Å². The molecule has 1 heterocycles. The number of hydrogen-bond donors (Lipinski definition) is 1. The highest BCUT2D eigenvalue weighted by Crippen LogP contribution is 2.26. The highest BCUT2D eigenvalue weighted by Gasteiger charge is 2.22. The molecule has 0 spiro atoms. The van der Waals surface area contributed by atoms with Gasteiger partial charge in [-0.15, -0.1) is 0 Å². The molecule has 2 fully saturated rings. The summed E-state index contributed by atoms with van der Waals surface area (Å²) in [6.45, 7) is 8.57. The summed E-state index contributed by atoms with van der Waals surface area (Å²) >= 11 is 0. The van der Waals surface area contributed by atoms with Gasteiger partial charge in [0.25, 0.3) is 0 Å². The molecule has 0 amide bonds. The molecule has 2 heteroatoms. The van der Waals surface area contributed by atoms with Crippen LogP contribution in [0.2, 0.25) is 0 Å². The van der Waals surface area contributed by atoms with E-state index in [0.29, 0.717) is 0 Å². The molecular formula is C15H30N2. The Hall–Kier alpha value is -0.0800. The Morgan fingerprint density at radius 2 is 1.76 bits per heavy atom. The monoisotopic (exact) mass is 238 g/mol. The van der Waals surface area contributed by atoms with Gasteiger partial charge >= 0.3 is 0 Å². The number of likely N-dealkylation sites (tertiary alicyclic amines) is 1. The first kappa shape index (κ1) is 13.4. The first-order valence-electron chi connectivity index (χ1n) is 7.77. The molecule has 2 aliphatic rings. The van der Waals surface area contributed by atoms with Gasteiger partial charge in [0.15, 0.2) is 0 Å². The van der Waals surface area contributed by atoms with Crippen molar-refractivity contribution in [3.05, 3.63) is 0 Å². The number of hydrogen-bond acceptors (Lipinski definition) is 2. The van der Waals surface area contributed by atoms with Gasteiger partial charge in [0.05, 0.1) is 0 Å². The second kappa shape index (κ2) is 6.75. The fourth-order valence-corrected chi connectivity index (χ4v) is 3.42. The minimum atomic E-state index is 0.737. The van der Waals surface area contributed by atoms with Gasteiger partial charge in [-0.05, 0) is 64.5 Å². The van der Waals surface area contributed by atoms with Gasteiger partial charge in [-0.2, -0.15) is 0 Å². The van der Waals surface area contributed by atoms with Crippen molar-refractivity contribution < 1.29 is 0 Å². The van der Waals surface area contributed by atoms with Crippen molar-refractivity contribution in [2.45, 2.75) is 70.9 Å². The SMILES string of the molecule is CCC1CCC(NCC(C)N2CCCC2)CC1. The number of nitrogens with one attached hydrogen (secondary N) is 1. The molecule has 1 aliphatic carbocycles. The lowest BCUT2D eigenvalue weighted by Gasteiger charge is -2.31. The molecular weight excluding hydrogens is 208 g/mol. The van der Waals surface area contributed by atoms with E-state index in [1.165, 1.54) is 64.6 Å². The molecule has 1 N–H and O–H groups in total. The summed E-state index contributed by atoms with van der Waals surface area (Å²) in [6.07, 6.45) is 9.92. The molecule has 1 aliphatic heterocycles. The molecule has 17 heavy (non-hydrogen) atoms. The van der Waals surface area contributed by atoms with Gasteiger partial charge < -0.3 is 5.32 Å². The van der Waals surface area contributed by atoms with Crippen LogP contribution in [0.25, 0.3) is 0 Å². The van der Waals surface area contributed by atoms with Gasteiger partial charge in [0, 0.05) is 18.6 Å². The normalized spacial score (nSPS) is 32.8. The molecule has 2 rings (SSSR count). The summed E-state index contributed by atoms with van der Waals surface area (Å²) in [5.74, 6) is 1.02. The topological polar surface area (TPSA) is 15.3 Å². The lowest BCUT2D eigenvalue weighted by Crippen LogP contribution is -2.43. The third-order valence-corrected chi connectivity index (χ3v) is 4.89. The molecule has 1 atom stereocenters. The van der Waals surface area contributed by atoms with E-state index >= 15 is 0 Å². The standard InChI is InChI=1S/C15H30N2/c1-3-14-6-8-15(9-7-14)16-12-13(2)17-10-4-5-11-17/h13-16H,3-12H2,1-2H3. The zero-order valence-electron chi connectivity index (χ0n) is 11.8. The van der Waals surface area contributed by atoms with Crippen molar-refractivity contribution in [3.8, 4) is 0 Å². The average Bonchev–Trinajstić information content (AvgIpc) is 2.90. The van der Waals surface area contributed by atoms with Crippen LogP contribution in [0.3, 0.4) is 0 Å². The van der Waals surface area contributed by atoms with Crippen LogP contribution in [0.4, 0.5) is 0 Å². The summed E-state index contributed by atoms with van der Waals surface area (Å²) in [4.78, 5) is 2.64. The van der Waals surface area contributed by atoms with Crippen molar-refractivity contribution in [3.63, 3.8) is 0 Å². The molecule has 0 aromatic carbocycles. The Kier molecular flexibility index (Phi) is 5.30. The third kappa shape index (κ3) is 3.96. The minimum Gasteiger partial charge on any atom is -0.312 e. The molecule has 1 saturated carbocycles. The van der Waals surface area contributed by atoms with Crippen molar-refractivity contribution >= 4 is 0 Å². The molecule has 2 nitrogen and oxygen atoms in total. The molecule has 0 radical (unpaired) electrons. The van der Waals surface area contributed by atoms with Gasteiger partial charge in [-0.25, -0.2) is 0 Å². The van der Waals surface area contributed by atoms with Crippen molar-refractivity contribution in [2.24, 2.45) is 5.92 Å². The van der Waals surface area contributed by atoms with Crippen molar-refractivity contribution in [1.82, 2.24) is 10.2 Å². The van der Waals surface area contributed by atoms with Gasteiger partial charge in [-0.1, -0.05) is 13.3 Å². The van der Waals surface area contributed by atoms with Crippen LogP contribution in [0, 0.1) is 5.92 Å². The quantitative estimate of drug-likeness (QED) is 0.792. The largest absolute Gasteiger partial charge is 0.312 e. The molecule has 100 valence electrons. The Labute approximate surface area is 107 Å². The maximum Gasteiger partial charge on any atom is 0.0192 e. The van der Waals surface area contributed by atoms with Gasteiger partial charge in [0.1, 0.15) is 0 Å². The smallest absolute Gasteiger partial charge is 0.0192 e. The summed E-state index contributed by atoms with van der Waals surface area (Å²) in [5.41, 5.74) is 0. The fourth-order valence-electron chi connectivity index (χ4n) is 3.42. The summed E-state index contributed by atoms with van der Waals surface area (Å²) in [5, 5.41) is 3.80. The lowest BCUT2D eigenvalue weighted by atomic mass is 9.84. The van der Waals surface area contributed by atoms with E-state index in [1.54, 1.807) is 0 Å². The van der Waals surface area contributed by atoms with Crippen LogP contribution < -0.4 is 5.32 Å². The molecule has 0 bridgehead atoms. The highest BCUT2D eigenvalue weighted by molar-refractivity contribution is 4.80. The molecule has 1 saturated heterocycles. The van der Waals surface area contributed by atoms with E-state index in [1.807, 2.05) is 0 Å². The average molecular weight is 238 g/mol. The second-order valence-electron chi connectivity index (χ2n) is 6.13. The molecule has 1 unspecified atom stereocenters. The Bertz CT molecular complexity index is 203. The fraction of sp³-hybridized carbons (Fsp3) is 1.00. The van der Waals surface area contributed by atoms with E-state index in [2.05, 4.69) is 24.1 Å². The van der Waals surface area contributed by atoms with Crippen LogP contribution in [-0.2, 0) is 0 Å². The van der Waals surface area contributed by atoms with Crippen LogP contribution in [0.1, 0.15) is 58.8 Å². The maximum absolute atomic E-state index is 3.80. The Balaban J connectivity index is 1.61. The Morgan fingerprint density at radius 3 is 2.35 bits per heavy atom. The van der Waals surface area contributed by atoms with E-state index in [4.69, 9.17) is 0 Å². The van der Waals surface area contributed by atoms with Crippen LogP contribution in [0.5, 0.6) is 0 Å². The van der Waals surface area contributed by atoms with Gasteiger partial charge in [0.2, 0.25) is 0 Å². The zero-order chi connectivity index (χ0) is 12.1. The van der Waals surface area contributed by atoms with Crippen LogP contribution >= 0.6 is 0 Å². The lowest BCUT2D eigenvalue weighted by molar-refractivity contribution is 0.226. The van der Waals surface area contributed by atoms with E-state index in [-0.39, 0.29) is 0 Å². The highest BCUT2D eigenvalue weighted by atomic mass is 15.2. The van der Waals surface area contributed by atoms with E-state index < -0.39 is 0 Å². The number of rotatable bonds is 5. The summed E-state index contributed by atoms with van der Waals surface area (Å²) in [6, 6.07) is 1.55. The summed E-state index contributed by atoms with van der Waals surface area (Å²) < 4.78 is 0. The second-order valence-corrected chi connectivity index (χ2v) is 6.13. The predicted octanol–water partition coefficient (Wildman–Crippen LogP) is 3.03. The maximum atomic E-state index is 3.80. The first-order chi connectivity index (χ1) is 8.29. The number of nitrogens with zero attached hydrogens (tertiary/aromatic N) is 1. The predicted molar refractivity (Wildman–Crippen MR) is 74.3 cm³/mol. The van der Waals surface area contributed by atoms with E-state index in [9.17, 15) is 0 Å². The van der Waals surface area contributed by atoms with Gasteiger partial charge in [-0.3, -0.25) is 4.90 Å². The molecule has 0 aromatic heterocycles.